The number of anilines is 1. The average Bonchev–Trinajstić information content (AvgIpc) is 3.68. The van der Waals surface area contributed by atoms with Crippen molar-refractivity contribution in [2.75, 3.05) is 31.8 Å². The normalized spacial score (nSPS) is 12.8. The van der Waals surface area contributed by atoms with E-state index in [1.54, 1.807) is 43.5 Å². The SMILES string of the molecule is COc1ccc(NC(=O)CSc2nc3cc4c(cc3c(=O)n2CCCC(=O)NCc2ccc3c(c2)OCO3)OCO4)cc1. The lowest BCUT2D eigenvalue weighted by atomic mass is 10.2. The summed E-state index contributed by atoms with van der Waals surface area (Å²) in [5, 5.41) is 6.46. The smallest absolute Gasteiger partial charge is 0.262 e. The van der Waals surface area contributed by atoms with Gasteiger partial charge in [0.1, 0.15) is 5.75 Å². The van der Waals surface area contributed by atoms with Crippen molar-refractivity contribution in [1.82, 2.24) is 14.9 Å². The van der Waals surface area contributed by atoms with Crippen molar-refractivity contribution in [3.05, 3.63) is 70.5 Å². The quantitative estimate of drug-likeness (QED) is 0.193. The van der Waals surface area contributed by atoms with Gasteiger partial charge in [0.25, 0.3) is 5.56 Å². The zero-order valence-electron chi connectivity index (χ0n) is 23.2. The topological polar surface area (TPSA) is 139 Å². The van der Waals surface area contributed by atoms with Crippen LogP contribution in [0.4, 0.5) is 5.69 Å². The molecule has 222 valence electrons. The van der Waals surface area contributed by atoms with E-state index in [2.05, 4.69) is 15.6 Å². The molecule has 0 atom stereocenters. The highest BCUT2D eigenvalue weighted by atomic mass is 32.2. The van der Waals surface area contributed by atoms with Gasteiger partial charge in [0, 0.05) is 31.3 Å². The van der Waals surface area contributed by atoms with E-state index in [4.69, 9.17) is 23.7 Å². The van der Waals surface area contributed by atoms with Crippen molar-refractivity contribution in [3.8, 4) is 28.7 Å². The molecule has 0 radical (unpaired) electrons. The minimum atomic E-state index is -0.290. The largest absolute Gasteiger partial charge is 0.497 e. The second-order valence-corrected chi connectivity index (χ2v) is 10.6. The highest BCUT2D eigenvalue weighted by Crippen LogP contribution is 2.35. The van der Waals surface area contributed by atoms with Gasteiger partial charge in [0.15, 0.2) is 28.2 Å². The Morgan fingerprint density at radius 2 is 1.65 bits per heavy atom. The summed E-state index contributed by atoms with van der Waals surface area (Å²) in [6.07, 6.45) is 0.578. The molecular weight excluding hydrogens is 576 g/mol. The standard InChI is InChI=1S/C30H28N4O8S/c1-38-20-7-5-19(6-8-20)32-28(36)15-43-30-33-22-13-26-25(41-17-42-26)12-21(22)29(37)34(30)10-2-3-27(35)31-14-18-4-9-23-24(11-18)40-16-39-23/h4-9,11-13H,2-3,10,14-17H2,1H3,(H,31,35)(H,32,36). The number of nitrogens with one attached hydrogen (secondary N) is 2. The first-order chi connectivity index (χ1) is 21.0. The summed E-state index contributed by atoms with van der Waals surface area (Å²) in [4.78, 5) is 43.6. The zero-order valence-corrected chi connectivity index (χ0v) is 24.0. The molecule has 0 unspecified atom stereocenters. The first-order valence-electron chi connectivity index (χ1n) is 13.5. The number of thioether (sulfide) groups is 1. The van der Waals surface area contributed by atoms with Gasteiger partial charge >= 0.3 is 0 Å². The molecule has 43 heavy (non-hydrogen) atoms. The van der Waals surface area contributed by atoms with Crippen LogP contribution in [-0.2, 0) is 22.7 Å². The summed E-state index contributed by atoms with van der Waals surface area (Å²) in [5.74, 6) is 2.59. The number of rotatable bonds is 11. The Kier molecular flexibility index (Phi) is 8.22. The van der Waals surface area contributed by atoms with E-state index in [0.717, 1.165) is 17.3 Å². The Morgan fingerprint density at radius 1 is 0.930 bits per heavy atom. The molecule has 6 rings (SSSR count). The third kappa shape index (κ3) is 6.46. The predicted octanol–water partition coefficient (Wildman–Crippen LogP) is 3.69. The Hall–Kier alpha value is -4.91. The lowest BCUT2D eigenvalue weighted by Crippen LogP contribution is -2.26. The number of hydrogen-bond acceptors (Lipinski definition) is 10. The van der Waals surface area contributed by atoms with Crippen molar-refractivity contribution in [2.45, 2.75) is 31.1 Å². The molecule has 13 heteroatoms. The van der Waals surface area contributed by atoms with Gasteiger partial charge < -0.3 is 34.3 Å². The fourth-order valence-electron chi connectivity index (χ4n) is 4.64. The van der Waals surface area contributed by atoms with E-state index >= 15 is 0 Å². The number of nitrogens with zero attached hydrogens (tertiary/aromatic N) is 2. The average molecular weight is 605 g/mol. The Morgan fingerprint density at radius 3 is 2.42 bits per heavy atom. The lowest BCUT2D eigenvalue weighted by Gasteiger charge is -2.14. The molecule has 4 aromatic rings. The molecule has 0 fully saturated rings. The van der Waals surface area contributed by atoms with Gasteiger partial charge in [-0.3, -0.25) is 19.0 Å². The first kappa shape index (κ1) is 28.2. The molecule has 12 nitrogen and oxygen atoms in total. The molecule has 2 N–H and O–H groups in total. The predicted molar refractivity (Wildman–Crippen MR) is 158 cm³/mol. The van der Waals surface area contributed by atoms with Gasteiger partial charge in [-0.05, 0) is 54.4 Å². The highest BCUT2D eigenvalue weighted by Gasteiger charge is 2.20. The summed E-state index contributed by atoms with van der Waals surface area (Å²) < 4.78 is 28.3. The maximum atomic E-state index is 13.6. The Bertz CT molecular complexity index is 1740. The van der Waals surface area contributed by atoms with Gasteiger partial charge in [-0.25, -0.2) is 4.98 Å². The fraction of sp³-hybridized carbons (Fsp3) is 0.267. The zero-order chi connectivity index (χ0) is 29.8. The number of carbonyl (C=O) groups excluding carboxylic acids is 2. The van der Waals surface area contributed by atoms with Crippen LogP contribution in [0.5, 0.6) is 28.7 Å². The van der Waals surface area contributed by atoms with E-state index in [1.807, 2.05) is 18.2 Å². The van der Waals surface area contributed by atoms with Crippen molar-refractivity contribution < 1.29 is 33.3 Å². The molecule has 0 bridgehead atoms. The number of fused-ring (bicyclic) bond motifs is 3. The number of aromatic nitrogens is 2. The van der Waals surface area contributed by atoms with Crippen molar-refractivity contribution in [1.29, 1.82) is 0 Å². The van der Waals surface area contributed by atoms with Crippen LogP contribution in [0.2, 0.25) is 0 Å². The Balaban J connectivity index is 1.13. The number of carbonyl (C=O) groups is 2. The molecular formula is C30H28N4O8S. The summed E-state index contributed by atoms with van der Waals surface area (Å²) in [7, 11) is 1.57. The molecule has 0 spiro atoms. The van der Waals surface area contributed by atoms with Crippen LogP contribution >= 0.6 is 11.8 Å². The number of benzene rings is 3. The minimum absolute atomic E-state index is 0.0184. The van der Waals surface area contributed by atoms with Crippen LogP contribution < -0.4 is 39.9 Å². The van der Waals surface area contributed by atoms with Crippen molar-refractivity contribution in [3.63, 3.8) is 0 Å². The molecule has 3 aromatic carbocycles. The minimum Gasteiger partial charge on any atom is -0.497 e. The summed E-state index contributed by atoms with van der Waals surface area (Å²) in [6.45, 7) is 0.819. The van der Waals surface area contributed by atoms with Gasteiger partial charge in [0.05, 0.1) is 23.8 Å². The summed E-state index contributed by atoms with van der Waals surface area (Å²) in [6, 6.07) is 15.8. The second kappa shape index (κ2) is 12.5. The van der Waals surface area contributed by atoms with E-state index in [1.165, 1.54) is 4.57 Å². The van der Waals surface area contributed by atoms with Crippen LogP contribution in [0.1, 0.15) is 18.4 Å². The molecule has 2 aliphatic heterocycles. The molecule has 0 aliphatic carbocycles. The Labute approximate surface area is 250 Å². The number of methoxy groups -OCH3 is 1. The van der Waals surface area contributed by atoms with Gasteiger partial charge in [-0.15, -0.1) is 0 Å². The highest BCUT2D eigenvalue weighted by molar-refractivity contribution is 7.99. The third-order valence-corrected chi connectivity index (χ3v) is 7.81. The van der Waals surface area contributed by atoms with Crippen molar-refractivity contribution in [2.24, 2.45) is 0 Å². The van der Waals surface area contributed by atoms with Crippen LogP contribution in [0.3, 0.4) is 0 Å². The molecule has 2 aliphatic rings. The molecule has 1 aromatic heterocycles. The van der Waals surface area contributed by atoms with E-state index < -0.39 is 0 Å². The number of ether oxygens (including phenoxy) is 5. The fourth-order valence-corrected chi connectivity index (χ4v) is 5.46. The van der Waals surface area contributed by atoms with Crippen LogP contribution in [0, 0.1) is 0 Å². The van der Waals surface area contributed by atoms with Crippen LogP contribution in [0.15, 0.2) is 64.5 Å². The third-order valence-electron chi connectivity index (χ3n) is 6.83. The van der Waals surface area contributed by atoms with Crippen LogP contribution in [0.25, 0.3) is 10.9 Å². The lowest BCUT2D eigenvalue weighted by molar-refractivity contribution is -0.121. The maximum Gasteiger partial charge on any atom is 0.262 e. The monoisotopic (exact) mass is 604 g/mol. The number of amides is 2. The second-order valence-electron chi connectivity index (χ2n) is 9.71. The van der Waals surface area contributed by atoms with E-state index in [9.17, 15) is 14.4 Å². The summed E-state index contributed by atoms with van der Waals surface area (Å²) >= 11 is 1.14. The van der Waals surface area contributed by atoms with Gasteiger partial charge in [0.2, 0.25) is 25.4 Å². The van der Waals surface area contributed by atoms with Gasteiger partial charge in [-0.2, -0.15) is 0 Å². The summed E-state index contributed by atoms with van der Waals surface area (Å²) in [5.41, 5.74) is 1.65. The van der Waals surface area contributed by atoms with Crippen LogP contribution in [-0.4, -0.2) is 47.8 Å². The molecule has 3 heterocycles. The van der Waals surface area contributed by atoms with Gasteiger partial charge in [-0.1, -0.05) is 17.8 Å². The molecule has 0 saturated carbocycles. The van der Waals surface area contributed by atoms with Crippen molar-refractivity contribution >= 4 is 40.2 Å². The first-order valence-corrected chi connectivity index (χ1v) is 14.5. The maximum absolute atomic E-state index is 13.6. The van der Waals surface area contributed by atoms with E-state index in [0.29, 0.717) is 63.5 Å². The molecule has 0 saturated heterocycles. The molecule has 2 amide bonds. The van der Waals surface area contributed by atoms with E-state index in [-0.39, 0.29) is 49.7 Å². The number of hydrogen-bond donors (Lipinski definition) is 2.